The average molecular weight is 289 g/mol. The van der Waals surface area contributed by atoms with Gasteiger partial charge in [0.05, 0.1) is 29.0 Å². The average Bonchev–Trinajstić information content (AvgIpc) is 2.81. The van der Waals surface area contributed by atoms with Crippen molar-refractivity contribution in [2.24, 2.45) is 7.05 Å². The molecule has 0 amide bonds. The number of aromatic nitrogens is 3. The van der Waals surface area contributed by atoms with E-state index >= 15 is 0 Å². The Kier molecular flexibility index (Phi) is 2.97. The summed E-state index contributed by atoms with van der Waals surface area (Å²) in [7, 11) is 1.70. The Labute approximate surface area is 118 Å². The van der Waals surface area contributed by atoms with E-state index in [1.165, 1.54) is 22.9 Å². The Morgan fingerprint density at radius 2 is 2.14 bits per heavy atom. The Morgan fingerprint density at radius 3 is 2.86 bits per heavy atom. The predicted octanol–water partition coefficient (Wildman–Crippen LogP) is 1.50. The number of carboxylic acid groups (broad SMARTS) is 1. The van der Waals surface area contributed by atoms with Crippen LogP contribution in [0.5, 0.6) is 0 Å². The number of fused-ring (bicyclic) bond motifs is 3. The molecular formula is C14H12FN3O3. The van der Waals surface area contributed by atoms with Crippen LogP contribution in [0.25, 0.3) is 21.8 Å². The number of hydrogen-bond donors (Lipinski definition) is 1. The first-order valence-electron chi connectivity index (χ1n) is 6.34. The van der Waals surface area contributed by atoms with Gasteiger partial charge < -0.3 is 9.67 Å². The minimum atomic E-state index is -1.02. The van der Waals surface area contributed by atoms with E-state index in [-0.39, 0.29) is 18.5 Å². The van der Waals surface area contributed by atoms with Crippen LogP contribution < -0.4 is 5.56 Å². The molecule has 0 fully saturated rings. The molecule has 1 N–H and O–H groups in total. The summed E-state index contributed by atoms with van der Waals surface area (Å²) >= 11 is 0. The van der Waals surface area contributed by atoms with Gasteiger partial charge in [-0.1, -0.05) is 0 Å². The van der Waals surface area contributed by atoms with Gasteiger partial charge in [0.1, 0.15) is 5.82 Å². The summed E-state index contributed by atoms with van der Waals surface area (Å²) in [6.45, 7) is -0.0149. The van der Waals surface area contributed by atoms with E-state index in [1.807, 2.05) is 0 Å². The van der Waals surface area contributed by atoms with E-state index in [9.17, 15) is 14.0 Å². The van der Waals surface area contributed by atoms with E-state index in [0.29, 0.717) is 21.8 Å². The Balaban J connectivity index is 2.42. The lowest BCUT2D eigenvalue weighted by atomic mass is 10.1. The van der Waals surface area contributed by atoms with Crippen molar-refractivity contribution in [2.45, 2.75) is 13.0 Å². The van der Waals surface area contributed by atoms with Crippen LogP contribution in [0, 0.1) is 5.82 Å². The minimum absolute atomic E-state index is 0.0149. The van der Waals surface area contributed by atoms with E-state index in [4.69, 9.17) is 5.11 Å². The lowest BCUT2D eigenvalue weighted by Gasteiger charge is -2.11. The number of aryl methyl sites for hydroxylation is 2. The molecule has 108 valence electrons. The second-order valence-corrected chi connectivity index (χ2v) is 4.79. The van der Waals surface area contributed by atoms with Gasteiger partial charge in [0.15, 0.2) is 0 Å². The van der Waals surface area contributed by atoms with Gasteiger partial charge in [-0.25, -0.2) is 4.39 Å². The number of aliphatic carboxylic acids is 1. The first-order valence-corrected chi connectivity index (χ1v) is 6.34. The summed E-state index contributed by atoms with van der Waals surface area (Å²) in [5.74, 6) is -1.50. The van der Waals surface area contributed by atoms with Gasteiger partial charge in [0, 0.05) is 19.0 Å². The van der Waals surface area contributed by atoms with Crippen LogP contribution in [0.3, 0.4) is 0 Å². The highest BCUT2D eigenvalue weighted by atomic mass is 19.1. The van der Waals surface area contributed by atoms with Crippen molar-refractivity contribution in [3.05, 3.63) is 40.6 Å². The number of pyridine rings is 1. The van der Waals surface area contributed by atoms with Gasteiger partial charge >= 0.3 is 5.97 Å². The fourth-order valence-electron chi connectivity index (χ4n) is 2.53. The topological polar surface area (TPSA) is 77.1 Å². The maximum Gasteiger partial charge on any atom is 0.305 e. The number of rotatable bonds is 3. The van der Waals surface area contributed by atoms with Crippen LogP contribution in [0.15, 0.2) is 29.2 Å². The summed E-state index contributed by atoms with van der Waals surface area (Å²) < 4.78 is 16.4. The van der Waals surface area contributed by atoms with E-state index in [1.54, 1.807) is 17.8 Å². The number of benzene rings is 1. The van der Waals surface area contributed by atoms with E-state index < -0.39 is 11.8 Å². The molecule has 2 heterocycles. The van der Waals surface area contributed by atoms with Gasteiger partial charge in [-0.05, 0) is 18.2 Å². The Morgan fingerprint density at radius 1 is 1.38 bits per heavy atom. The number of hydrogen-bond acceptors (Lipinski definition) is 3. The van der Waals surface area contributed by atoms with Crippen LogP contribution in [0.4, 0.5) is 4.39 Å². The highest BCUT2D eigenvalue weighted by Gasteiger charge is 2.15. The molecule has 7 heteroatoms. The van der Waals surface area contributed by atoms with Gasteiger partial charge in [0.2, 0.25) is 0 Å². The molecule has 0 unspecified atom stereocenters. The molecule has 3 aromatic rings. The predicted molar refractivity (Wildman–Crippen MR) is 74.7 cm³/mol. The molecule has 0 saturated carbocycles. The molecule has 21 heavy (non-hydrogen) atoms. The smallest absolute Gasteiger partial charge is 0.305 e. The standard InChI is InChI=1S/C14H12FN3O3/c1-17-13-9-3-2-8(15)6-11(9)18(5-4-12(19)20)14(21)10(13)7-16-17/h2-3,6-7H,4-5H2,1H3,(H,19,20). The first kappa shape index (κ1) is 13.3. The van der Waals surface area contributed by atoms with Gasteiger partial charge in [-0.15, -0.1) is 0 Å². The fourth-order valence-corrected chi connectivity index (χ4v) is 2.53. The van der Waals surface area contributed by atoms with Crippen molar-refractivity contribution in [2.75, 3.05) is 0 Å². The summed E-state index contributed by atoms with van der Waals surface area (Å²) in [4.78, 5) is 23.2. The van der Waals surface area contributed by atoms with Gasteiger partial charge in [-0.3, -0.25) is 14.3 Å². The molecule has 3 rings (SSSR count). The molecule has 0 aliphatic heterocycles. The number of halogens is 1. The Bertz CT molecular complexity index is 926. The highest BCUT2D eigenvalue weighted by Crippen LogP contribution is 2.23. The van der Waals surface area contributed by atoms with Crippen molar-refractivity contribution in [1.29, 1.82) is 0 Å². The third kappa shape index (κ3) is 2.06. The molecule has 2 aromatic heterocycles. The van der Waals surface area contributed by atoms with Crippen LogP contribution in [-0.2, 0) is 18.4 Å². The quantitative estimate of drug-likeness (QED) is 0.792. The molecule has 1 aromatic carbocycles. The minimum Gasteiger partial charge on any atom is -0.481 e. The van der Waals surface area contributed by atoms with Crippen molar-refractivity contribution >= 4 is 27.8 Å². The molecule has 0 aliphatic carbocycles. The van der Waals surface area contributed by atoms with Crippen molar-refractivity contribution in [3.8, 4) is 0 Å². The van der Waals surface area contributed by atoms with Crippen LogP contribution in [0.1, 0.15) is 6.42 Å². The second kappa shape index (κ2) is 4.69. The van der Waals surface area contributed by atoms with Crippen LogP contribution >= 0.6 is 0 Å². The molecule has 0 spiro atoms. The van der Waals surface area contributed by atoms with Crippen molar-refractivity contribution in [3.63, 3.8) is 0 Å². The molecule has 0 aliphatic rings. The van der Waals surface area contributed by atoms with Crippen molar-refractivity contribution in [1.82, 2.24) is 14.3 Å². The third-order valence-electron chi connectivity index (χ3n) is 3.47. The summed E-state index contributed by atoms with van der Waals surface area (Å²) in [5, 5.41) is 13.9. The molecule has 0 bridgehead atoms. The van der Waals surface area contributed by atoms with Crippen molar-refractivity contribution < 1.29 is 14.3 Å². The second-order valence-electron chi connectivity index (χ2n) is 4.79. The number of carbonyl (C=O) groups is 1. The van der Waals surface area contributed by atoms with Gasteiger partial charge in [-0.2, -0.15) is 5.10 Å². The first-order chi connectivity index (χ1) is 9.99. The molecule has 6 nitrogen and oxygen atoms in total. The van der Waals surface area contributed by atoms with Crippen LogP contribution in [0.2, 0.25) is 0 Å². The molecule has 0 radical (unpaired) electrons. The fraction of sp³-hybridized carbons (Fsp3) is 0.214. The monoisotopic (exact) mass is 289 g/mol. The maximum absolute atomic E-state index is 13.5. The molecule has 0 atom stereocenters. The zero-order valence-corrected chi connectivity index (χ0v) is 11.2. The zero-order chi connectivity index (χ0) is 15.1. The SMILES string of the molecule is Cn1ncc2c(=O)n(CCC(=O)O)c3cc(F)ccc3c21. The lowest BCUT2D eigenvalue weighted by Crippen LogP contribution is -2.22. The summed E-state index contributed by atoms with van der Waals surface area (Å²) in [6, 6.07) is 4.12. The summed E-state index contributed by atoms with van der Waals surface area (Å²) in [5.41, 5.74) is 0.622. The zero-order valence-electron chi connectivity index (χ0n) is 11.2. The van der Waals surface area contributed by atoms with E-state index in [0.717, 1.165) is 0 Å². The van der Waals surface area contributed by atoms with Gasteiger partial charge in [0.25, 0.3) is 5.56 Å². The number of nitrogens with zero attached hydrogens (tertiary/aromatic N) is 3. The molecule has 0 saturated heterocycles. The number of carboxylic acids is 1. The largest absolute Gasteiger partial charge is 0.481 e. The highest BCUT2D eigenvalue weighted by molar-refractivity contribution is 6.03. The Hall–Kier alpha value is -2.70. The normalized spacial score (nSPS) is 11.3. The molecular weight excluding hydrogens is 277 g/mol. The summed E-state index contributed by atoms with van der Waals surface area (Å²) in [6.07, 6.45) is 1.23. The third-order valence-corrected chi connectivity index (χ3v) is 3.47. The maximum atomic E-state index is 13.5. The van der Waals surface area contributed by atoms with Crippen LogP contribution in [-0.4, -0.2) is 25.4 Å². The lowest BCUT2D eigenvalue weighted by molar-refractivity contribution is -0.137. The van der Waals surface area contributed by atoms with E-state index in [2.05, 4.69) is 5.10 Å².